The second kappa shape index (κ2) is 10.6. The lowest BCUT2D eigenvalue weighted by atomic mass is 10.1. The van der Waals surface area contributed by atoms with Crippen molar-refractivity contribution < 1.29 is 14.3 Å². The van der Waals surface area contributed by atoms with Crippen LogP contribution in [0.1, 0.15) is 21.5 Å². The first kappa shape index (κ1) is 23.6. The Morgan fingerprint density at radius 1 is 0.912 bits per heavy atom. The molecule has 0 aromatic heterocycles. The summed E-state index contributed by atoms with van der Waals surface area (Å²) in [6.07, 6.45) is 0. The van der Waals surface area contributed by atoms with E-state index in [9.17, 15) is 9.59 Å². The van der Waals surface area contributed by atoms with E-state index in [1.165, 1.54) is 0 Å². The Balaban J connectivity index is 1.27. The van der Waals surface area contributed by atoms with Crippen molar-refractivity contribution in [1.82, 2.24) is 4.90 Å². The summed E-state index contributed by atoms with van der Waals surface area (Å²) < 4.78 is 5.60. The number of nitrogens with one attached hydrogen (secondary N) is 1. The number of piperazine rings is 1. The molecule has 1 N–H and O–H groups in total. The van der Waals surface area contributed by atoms with E-state index in [1.807, 2.05) is 67.3 Å². The van der Waals surface area contributed by atoms with E-state index in [-0.39, 0.29) is 18.4 Å². The number of nitrogens with zero attached hydrogens (tertiary/aromatic N) is 2. The van der Waals surface area contributed by atoms with Gasteiger partial charge in [0, 0.05) is 48.1 Å². The average Bonchev–Trinajstić information content (AvgIpc) is 2.84. The highest BCUT2D eigenvalue weighted by Gasteiger charge is 2.23. The van der Waals surface area contributed by atoms with Crippen LogP contribution in [0.3, 0.4) is 0 Å². The zero-order valence-electron chi connectivity index (χ0n) is 19.4. The van der Waals surface area contributed by atoms with Crippen LogP contribution in [0.25, 0.3) is 0 Å². The van der Waals surface area contributed by atoms with Crippen molar-refractivity contribution in [2.45, 2.75) is 13.8 Å². The van der Waals surface area contributed by atoms with E-state index in [0.717, 1.165) is 35.5 Å². The third kappa shape index (κ3) is 5.69. The second-order valence-corrected chi connectivity index (χ2v) is 8.82. The quantitative estimate of drug-likeness (QED) is 0.546. The third-order valence-electron chi connectivity index (χ3n) is 5.95. The number of hydrogen-bond donors (Lipinski definition) is 1. The van der Waals surface area contributed by atoms with Gasteiger partial charge >= 0.3 is 0 Å². The Morgan fingerprint density at radius 3 is 2.29 bits per heavy atom. The fraction of sp³-hybridized carbons (Fsp3) is 0.259. The summed E-state index contributed by atoms with van der Waals surface area (Å²) in [6.45, 7) is 6.64. The van der Waals surface area contributed by atoms with E-state index < -0.39 is 0 Å². The van der Waals surface area contributed by atoms with Crippen molar-refractivity contribution in [3.63, 3.8) is 0 Å². The summed E-state index contributed by atoms with van der Waals surface area (Å²) in [5, 5.41) is 3.49. The predicted molar refractivity (Wildman–Crippen MR) is 136 cm³/mol. The molecule has 0 spiro atoms. The first-order chi connectivity index (χ1) is 16.4. The standard InChI is InChI=1S/C27H28ClN3O3/c1-19-5-3-4-6-24(19)27(33)31-15-13-30(14-16-31)23-10-8-22(9-11-23)29-26(32)18-34-25-12-7-21(28)17-20(25)2/h3-12,17H,13-16,18H2,1-2H3,(H,29,32). The van der Waals surface area contributed by atoms with Crippen molar-refractivity contribution in [2.75, 3.05) is 43.0 Å². The minimum Gasteiger partial charge on any atom is -0.483 e. The van der Waals surface area contributed by atoms with Crippen LogP contribution < -0.4 is 15.0 Å². The van der Waals surface area contributed by atoms with E-state index >= 15 is 0 Å². The highest BCUT2D eigenvalue weighted by Crippen LogP contribution is 2.23. The Kier molecular flexibility index (Phi) is 7.38. The zero-order chi connectivity index (χ0) is 24.1. The van der Waals surface area contributed by atoms with Gasteiger partial charge in [0.05, 0.1) is 0 Å². The molecule has 176 valence electrons. The summed E-state index contributed by atoms with van der Waals surface area (Å²) >= 11 is 5.95. The Hall–Kier alpha value is -3.51. The minimum absolute atomic E-state index is 0.0822. The number of ether oxygens (including phenoxy) is 1. The van der Waals surface area contributed by atoms with Crippen LogP contribution in [0.5, 0.6) is 5.75 Å². The molecule has 1 aliphatic heterocycles. The van der Waals surface area contributed by atoms with Crippen molar-refractivity contribution in [3.8, 4) is 5.75 Å². The van der Waals surface area contributed by atoms with E-state index in [1.54, 1.807) is 18.2 Å². The van der Waals surface area contributed by atoms with Crippen LogP contribution in [0, 0.1) is 13.8 Å². The molecule has 0 bridgehead atoms. The molecule has 3 aromatic rings. The Labute approximate surface area is 205 Å². The van der Waals surface area contributed by atoms with Crippen LogP contribution in [0.15, 0.2) is 66.7 Å². The SMILES string of the molecule is Cc1cc(Cl)ccc1OCC(=O)Nc1ccc(N2CCN(C(=O)c3ccccc3C)CC2)cc1. The van der Waals surface area contributed by atoms with E-state index in [2.05, 4.69) is 10.2 Å². The number of carbonyl (C=O) groups is 2. The zero-order valence-corrected chi connectivity index (χ0v) is 20.1. The van der Waals surface area contributed by atoms with Gasteiger partial charge in [-0.25, -0.2) is 0 Å². The van der Waals surface area contributed by atoms with E-state index in [4.69, 9.17) is 16.3 Å². The van der Waals surface area contributed by atoms with Crippen molar-refractivity contribution in [2.24, 2.45) is 0 Å². The van der Waals surface area contributed by atoms with Gasteiger partial charge in [0.15, 0.2) is 6.61 Å². The number of anilines is 2. The summed E-state index contributed by atoms with van der Waals surface area (Å²) in [5.74, 6) is 0.493. The summed E-state index contributed by atoms with van der Waals surface area (Å²) in [7, 11) is 0. The fourth-order valence-electron chi connectivity index (χ4n) is 4.02. The average molecular weight is 478 g/mol. The lowest BCUT2D eigenvalue weighted by Gasteiger charge is -2.36. The highest BCUT2D eigenvalue weighted by atomic mass is 35.5. The molecule has 0 aliphatic carbocycles. The normalized spacial score (nSPS) is 13.5. The molecule has 2 amide bonds. The molecule has 0 atom stereocenters. The van der Waals surface area contributed by atoms with Gasteiger partial charge in [-0.15, -0.1) is 0 Å². The molecule has 0 unspecified atom stereocenters. The van der Waals surface area contributed by atoms with Crippen LogP contribution >= 0.6 is 11.6 Å². The lowest BCUT2D eigenvalue weighted by molar-refractivity contribution is -0.118. The first-order valence-electron chi connectivity index (χ1n) is 11.3. The first-order valence-corrected chi connectivity index (χ1v) is 11.7. The van der Waals surface area contributed by atoms with Crippen LogP contribution in [-0.4, -0.2) is 49.5 Å². The van der Waals surface area contributed by atoms with Gasteiger partial charge in [0.25, 0.3) is 11.8 Å². The molecule has 1 fully saturated rings. The third-order valence-corrected chi connectivity index (χ3v) is 6.19. The molecule has 3 aromatic carbocycles. The molecule has 4 rings (SSSR count). The molecule has 1 aliphatic rings. The second-order valence-electron chi connectivity index (χ2n) is 8.39. The number of aryl methyl sites for hydroxylation is 2. The molecule has 1 saturated heterocycles. The van der Waals surface area contributed by atoms with Gasteiger partial charge in [0.1, 0.15) is 5.75 Å². The number of rotatable bonds is 6. The molecule has 1 heterocycles. The van der Waals surface area contributed by atoms with Gasteiger partial charge in [-0.2, -0.15) is 0 Å². The van der Waals surface area contributed by atoms with Gasteiger partial charge in [-0.05, 0) is 73.5 Å². The van der Waals surface area contributed by atoms with Crippen molar-refractivity contribution in [3.05, 3.63) is 88.4 Å². The van der Waals surface area contributed by atoms with Crippen LogP contribution in [-0.2, 0) is 4.79 Å². The maximum atomic E-state index is 12.8. The lowest BCUT2D eigenvalue weighted by Crippen LogP contribution is -2.48. The van der Waals surface area contributed by atoms with Crippen LogP contribution in [0.4, 0.5) is 11.4 Å². The topological polar surface area (TPSA) is 61.9 Å². The molecule has 6 nitrogen and oxygen atoms in total. The fourth-order valence-corrected chi connectivity index (χ4v) is 4.25. The van der Waals surface area contributed by atoms with Gasteiger partial charge < -0.3 is 19.9 Å². The monoisotopic (exact) mass is 477 g/mol. The molecule has 34 heavy (non-hydrogen) atoms. The summed E-state index contributed by atoms with van der Waals surface area (Å²) in [4.78, 5) is 29.3. The number of amides is 2. The smallest absolute Gasteiger partial charge is 0.262 e. The minimum atomic E-state index is -0.231. The molecular weight excluding hydrogens is 450 g/mol. The Morgan fingerprint density at radius 2 is 1.62 bits per heavy atom. The van der Waals surface area contributed by atoms with Gasteiger partial charge in [-0.1, -0.05) is 29.8 Å². The molecule has 0 radical (unpaired) electrons. The number of benzene rings is 3. The largest absolute Gasteiger partial charge is 0.483 e. The maximum absolute atomic E-state index is 12.8. The molecule has 7 heteroatoms. The number of hydrogen-bond acceptors (Lipinski definition) is 4. The van der Waals surface area contributed by atoms with Crippen molar-refractivity contribution in [1.29, 1.82) is 0 Å². The molecular formula is C27H28ClN3O3. The highest BCUT2D eigenvalue weighted by molar-refractivity contribution is 6.30. The maximum Gasteiger partial charge on any atom is 0.262 e. The van der Waals surface area contributed by atoms with Gasteiger partial charge in [-0.3, -0.25) is 9.59 Å². The van der Waals surface area contributed by atoms with Crippen molar-refractivity contribution >= 4 is 34.8 Å². The summed E-state index contributed by atoms with van der Waals surface area (Å²) in [6, 6.07) is 20.7. The number of carbonyl (C=O) groups excluding carboxylic acids is 2. The molecule has 0 saturated carbocycles. The number of halogens is 1. The van der Waals surface area contributed by atoms with Gasteiger partial charge in [0.2, 0.25) is 0 Å². The van der Waals surface area contributed by atoms with E-state index in [0.29, 0.717) is 29.5 Å². The Bertz CT molecular complexity index is 1170. The summed E-state index contributed by atoms with van der Waals surface area (Å²) in [5.41, 5.74) is 4.42. The van der Waals surface area contributed by atoms with Crippen LogP contribution in [0.2, 0.25) is 5.02 Å². The predicted octanol–water partition coefficient (Wildman–Crippen LogP) is 4.94.